The van der Waals surface area contributed by atoms with Crippen molar-refractivity contribution >= 4 is 41.9 Å². The van der Waals surface area contributed by atoms with Crippen LogP contribution in [0.2, 0.25) is 0 Å². The molecule has 0 aromatic heterocycles. The van der Waals surface area contributed by atoms with E-state index in [1.807, 2.05) is 0 Å². The summed E-state index contributed by atoms with van der Waals surface area (Å²) in [6, 6.07) is 6.47. The Bertz CT molecular complexity index is 2040. The minimum atomic E-state index is -2.36. The van der Waals surface area contributed by atoms with Crippen molar-refractivity contribution in [1.29, 1.82) is 0 Å². The largest absolute Gasteiger partial charge is 0.509 e. The van der Waals surface area contributed by atoms with Crippen molar-refractivity contribution in [3.63, 3.8) is 0 Å². The Morgan fingerprint density at radius 2 is 1.61 bits per heavy atom. The van der Waals surface area contributed by atoms with Crippen molar-refractivity contribution in [2.45, 2.75) is 155 Å². The first kappa shape index (κ1) is 46.4. The molecular formula is C44H57NO17. The second kappa shape index (κ2) is 16.2. The number of aliphatic hydroxyl groups excluding tert-OH is 2. The van der Waals surface area contributed by atoms with E-state index in [2.05, 4.69) is 5.32 Å². The molecule has 340 valence electrons. The molecule has 1 aromatic carbocycles. The fourth-order valence-electron chi connectivity index (χ4n) is 10.4. The summed E-state index contributed by atoms with van der Waals surface area (Å²) in [5, 5.41) is 26.3. The average Bonchev–Trinajstić information content (AvgIpc) is 3.52. The number of alkyl carbamates (subject to hydrolysis) is 1. The van der Waals surface area contributed by atoms with Gasteiger partial charge in [0, 0.05) is 25.7 Å². The van der Waals surface area contributed by atoms with Gasteiger partial charge in [-0.3, -0.25) is 14.4 Å². The van der Waals surface area contributed by atoms with E-state index in [-0.39, 0.29) is 42.1 Å². The number of amides is 1. The van der Waals surface area contributed by atoms with Crippen LogP contribution in [0.1, 0.15) is 99.4 Å². The van der Waals surface area contributed by atoms with Crippen LogP contribution < -0.4 is 5.32 Å². The molecule has 5 aliphatic rings. The zero-order valence-electron chi connectivity index (χ0n) is 36.8. The highest BCUT2D eigenvalue weighted by molar-refractivity contribution is 5.96. The second-order valence-corrected chi connectivity index (χ2v) is 19.0. The van der Waals surface area contributed by atoms with Crippen LogP contribution in [0.4, 0.5) is 9.59 Å². The summed E-state index contributed by atoms with van der Waals surface area (Å²) in [5.41, 5.74) is -8.99. The van der Waals surface area contributed by atoms with Crippen LogP contribution in [0.3, 0.4) is 0 Å². The number of ketones is 1. The number of carbonyl (C=O) groups excluding carboxylic acids is 7. The lowest BCUT2D eigenvalue weighted by atomic mass is 9.44. The molecule has 1 aromatic rings. The molecule has 3 N–H and O–H groups in total. The first-order valence-corrected chi connectivity index (χ1v) is 20.7. The molecule has 12 atom stereocenters. The van der Waals surface area contributed by atoms with Crippen LogP contribution in [0.25, 0.3) is 0 Å². The number of aliphatic hydroxyl groups is 2. The Labute approximate surface area is 359 Å². The van der Waals surface area contributed by atoms with Gasteiger partial charge in [-0.2, -0.15) is 0 Å². The number of hydrogen-bond donors (Lipinski definition) is 3. The van der Waals surface area contributed by atoms with Gasteiger partial charge in [0.15, 0.2) is 41.9 Å². The highest BCUT2D eigenvalue weighted by Gasteiger charge is 2.83. The van der Waals surface area contributed by atoms with Gasteiger partial charge in [-0.05, 0) is 70.2 Å². The maximum absolute atomic E-state index is 15.6. The second-order valence-electron chi connectivity index (χ2n) is 19.0. The lowest BCUT2D eigenvalue weighted by molar-refractivity contribution is -0.345. The third-order valence-corrected chi connectivity index (χ3v) is 12.9. The van der Waals surface area contributed by atoms with Gasteiger partial charge in [-0.1, -0.05) is 45.9 Å². The molecule has 4 fully saturated rings. The third kappa shape index (κ3) is 7.61. The fourth-order valence-corrected chi connectivity index (χ4v) is 10.4. The summed E-state index contributed by atoms with van der Waals surface area (Å²) in [6.07, 6.45) is -14.5. The first-order valence-electron chi connectivity index (χ1n) is 20.7. The van der Waals surface area contributed by atoms with Crippen LogP contribution in [-0.2, 0) is 57.1 Å². The summed E-state index contributed by atoms with van der Waals surface area (Å²) in [4.78, 5) is 97.3. The highest BCUT2D eigenvalue weighted by Crippen LogP contribution is 2.67. The summed E-state index contributed by atoms with van der Waals surface area (Å²) in [6.45, 7) is 16.2. The van der Waals surface area contributed by atoms with Crippen molar-refractivity contribution < 1.29 is 81.7 Å². The average molecular weight is 872 g/mol. The topological polar surface area (TPSA) is 246 Å². The molecule has 2 heterocycles. The predicted molar refractivity (Wildman–Crippen MR) is 212 cm³/mol. The van der Waals surface area contributed by atoms with E-state index >= 15 is 4.79 Å². The lowest BCUT2D eigenvalue weighted by Crippen LogP contribution is -2.83. The normalized spacial score (nSPS) is 34.2. The van der Waals surface area contributed by atoms with Crippen LogP contribution in [0.15, 0.2) is 41.5 Å². The van der Waals surface area contributed by atoms with Gasteiger partial charge in [-0.15, -0.1) is 0 Å². The van der Waals surface area contributed by atoms with E-state index in [9.17, 15) is 39.0 Å². The summed E-state index contributed by atoms with van der Waals surface area (Å²) in [5.74, 6) is -6.73. The zero-order valence-corrected chi connectivity index (χ0v) is 36.8. The van der Waals surface area contributed by atoms with E-state index in [1.54, 1.807) is 66.7 Å². The van der Waals surface area contributed by atoms with Crippen molar-refractivity contribution in [1.82, 2.24) is 5.32 Å². The first-order chi connectivity index (χ1) is 28.7. The van der Waals surface area contributed by atoms with Crippen molar-refractivity contribution in [3.05, 3.63) is 47.0 Å². The van der Waals surface area contributed by atoms with Gasteiger partial charge in [0.1, 0.15) is 11.7 Å². The van der Waals surface area contributed by atoms with Gasteiger partial charge in [0.2, 0.25) is 5.60 Å². The fraction of sp³-hybridized carbons (Fsp3) is 0.659. The highest BCUT2D eigenvalue weighted by atomic mass is 16.8. The van der Waals surface area contributed by atoms with Crippen LogP contribution in [0, 0.1) is 22.7 Å². The Morgan fingerprint density at radius 3 is 2.16 bits per heavy atom. The van der Waals surface area contributed by atoms with E-state index in [0.717, 1.165) is 13.8 Å². The van der Waals surface area contributed by atoms with Crippen molar-refractivity contribution in [3.8, 4) is 0 Å². The minimum Gasteiger partial charge on any atom is -0.454 e. The SMILES string of the molecule is CC(=O)OC1C(=O)[C@]2(C)[C@@H](O)CC3OC[C@@]3(OC(C)=O)[C@H]2[C@H](OC(=O)c2ccccc2)[C@]23OC(=O)O[C@H]2[C@H](OC(=O)[C@H](O)[C@H](CC(C)C)NC(=O)OC(C)(C)C)C(C)=C1C3(C)C. The molecule has 0 radical (unpaired) electrons. The molecule has 1 spiro atoms. The van der Waals surface area contributed by atoms with Crippen LogP contribution in [0.5, 0.6) is 0 Å². The summed E-state index contributed by atoms with van der Waals surface area (Å²) >= 11 is 0. The van der Waals surface area contributed by atoms with E-state index < -0.39 is 124 Å². The molecular weight excluding hydrogens is 814 g/mol. The van der Waals surface area contributed by atoms with Gasteiger partial charge in [-0.25, -0.2) is 19.2 Å². The molecule has 62 heavy (non-hydrogen) atoms. The molecule has 3 aliphatic carbocycles. The van der Waals surface area contributed by atoms with Gasteiger partial charge in [0.25, 0.3) is 0 Å². The van der Waals surface area contributed by atoms with E-state index in [4.69, 9.17) is 37.9 Å². The number of hydrogen-bond acceptors (Lipinski definition) is 17. The van der Waals surface area contributed by atoms with Gasteiger partial charge >= 0.3 is 36.1 Å². The minimum absolute atomic E-state index is 0.0261. The number of nitrogens with one attached hydrogen (secondary N) is 1. The monoisotopic (exact) mass is 871 g/mol. The molecule has 6 rings (SSSR count). The number of fused-ring (bicyclic) bond motifs is 4. The number of Topliss-reactive ketones (excluding diaryl/α,β-unsaturated/α-hetero) is 1. The third-order valence-electron chi connectivity index (χ3n) is 12.9. The van der Waals surface area contributed by atoms with Gasteiger partial charge in [0.05, 0.1) is 35.6 Å². The summed E-state index contributed by atoms with van der Waals surface area (Å²) in [7, 11) is 0. The van der Waals surface area contributed by atoms with Crippen LogP contribution in [-0.4, -0.2) is 124 Å². The smallest absolute Gasteiger partial charge is 0.454 e. The quantitative estimate of drug-likeness (QED) is 0.173. The Balaban J connectivity index is 1.61. The molecule has 2 saturated carbocycles. The predicted octanol–water partition coefficient (Wildman–Crippen LogP) is 3.66. The van der Waals surface area contributed by atoms with Gasteiger partial charge < -0.3 is 53.4 Å². The number of esters is 4. The maximum Gasteiger partial charge on any atom is 0.509 e. The molecule has 2 bridgehead atoms. The Hall–Kier alpha value is -5.07. The lowest BCUT2D eigenvalue weighted by Gasteiger charge is -2.67. The molecule has 18 heteroatoms. The van der Waals surface area contributed by atoms with E-state index in [0.29, 0.717) is 0 Å². The number of carbonyl (C=O) groups is 7. The van der Waals surface area contributed by atoms with E-state index in [1.165, 1.54) is 26.0 Å². The molecule has 1 amide bonds. The zero-order chi connectivity index (χ0) is 46.1. The number of ether oxygens (including phenoxy) is 8. The summed E-state index contributed by atoms with van der Waals surface area (Å²) < 4.78 is 48.1. The molecule has 2 unspecified atom stereocenters. The molecule has 18 nitrogen and oxygen atoms in total. The Morgan fingerprint density at radius 1 is 0.968 bits per heavy atom. The molecule has 2 saturated heterocycles. The Kier molecular flexibility index (Phi) is 12.2. The van der Waals surface area contributed by atoms with Crippen molar-refractivity contribution in [2.24, 2.45) is 22.7 Å². The van der Waals surface area contributed by atoms with Crippen molar-refractivity contribution in [2.75, 3.05) is 6.61 Å². The maximum atomic E-state index is 15.6. The molecule has 2 aliphatic heterocycles. The number of rotatable bonds is 10. The standard InChI is InChI=1S/C44H57NO17/c1-20(2)17-25(45-38(53)61-40(6,7)8)29(49)37(52)57-30-21(3)28-31(56-22(4)46)33(50)42(11)26(48)18-27-43(19-55-27,60-23(5)47)32(42)35(58-36(51)24-15-13-12-14-16-24)44(41(28,9)10)34(30)59-39(54)62-44/h12-16,20,25-27,29-32,34-35,48-49H,17-19H2,1-11H3,(H,45,53)/t25-,26-,27?,29+,30+,31?,32-,34-,35-,42+,43-,44+/m0/s1. The van der Waals surface area contributed by atoms with Crippen LogP contribution >= 0.6 is 0 Å². The number of benzene rings is 1.